The molecule has 4 aromatic rings. The van der Waals surface area contributed by atoms with Gasteiger partial charge in [0.2, 0.25) is 0 Å². The van der Waals surface area contributed by atoms with E-state index in [2.05, 4.69) is 4.98 Å². The summed E-state index contributed by atoms with van der Waals surface area (Å²) in [5.74, 6) is -0.567. The number of nitrogens with zero attached hydrogens (tertiary/aromatic N) is 1. The first-order valence-electron chi connectivity index (χ1n) is 8.93. The summed E-state index contributed by atoms with van der Waals surface area (Å²) >= 11 is 0. The highest BCUT2D eigenvalue weighted by Crippen LogP contribution is 2.24. The fourth-order valence-corrected chi connectivity index (χ4v) is 4.19. The number of hydrogen-bond acceptors (Lipinski definition) is 4. The zero-order valence-electron chi connectivity index (χ0n) is 15.3. The van der Waals surface area contributed by atoms with Crippen molar-refractivity contribution in [1.82, 2.24) is 4.98 Å². The third kappa shape index (κ3) is 4.17. The summed E-state index contributed by atoms with van der Waals surface area (Å²) < 4.78 is 18.8. The smallest absolute Gasteiger partial charge is 0.336 e. The molecule has 0 aliphatic heterocycles. The number of carboxylic acids is 1. The van der Waals surface area contributed by atoms with E-state index in [1.165, 1.54) is 6.07 Å². The van der Waals surface area contributed by atoms with Crippen molar-refractivity contribution in [2.45, 2.75) is 16.4 Å². The maximum Gasteiger partial charge on any atom is 0.336 e. The number of rotatable bonds is 6. The number of carbonyl (C=O) groups is 1. The number of benzene rings is 3. The molecule has 0 aliphatic carbocycles. The van der Waals surface area contributed by atoms with Crippen LogP contribution >= 0.6 is 0 Å². The molecule has 4 rings (SSSR count). The Morgan fingerprint density at radius 1 is 0.931 bits per heavy atom. The summed E-state index contributed by atoms with van der Waals surface area (Å²) in [6, 6.07) is 24.9. The number of para-hydroxylation sites is 1. The Kier molecular flexibility index (Phi) is 5.35. The highest BCUT2D eigenvalue weighted by atomic mass is 32.2. The minimum Gasteiger partial charge on any atom is -0.487 e. The van der Waals surface area contributed by atoms with Crippen LogP contribution in [0.4, 0.5) is 0 Å². The molecule has 0 saturated carbocycles. The van der Waals surface area contributed by atoms with Gasteiger partial charge >= 0.3 is 5.97 Å². The molecule has 0 fully saturated rings. The van der Waals surface area contributed by atoms with Crippen LogP contribution in [-0.4, -0.2) is 20.3 Å². The van der Waals surface area contributed by atoms with E-state index < -0.39 is 16.8 Å². The van der Waals surface area contributed by atoms with Crippen molar-refractivity contribution in [2.75, 3.05) is 0 Å². The number of fused-ring (bicyclic) bond motifs is 1. The second-order valence-corrected chi connectivity index (χ2v) is 7.78. The molecular weight excluding hydrogens is 386 g/mol. The molecule has 0 aliphatic rings. The number of ether oxygens (including phenoxy) is 1. The van der Waals surface area contributed by atoms with Gasteiger partial charge < -0.3 is 9.84 Å². The van der Waals surface area contributed by atoms with Crippen molar-refractivity contribution in [2.24, 2.45) is 0 Å². The molecule has 0 spiro atoms. The molecule has 6 heteroatoms. The van der Waals surface area contributed by atoms with Crippen LogP contribution in [0.5, 0.6) is 5.75 Å². The van der Waals surface area contributed by atoms with E-state index >= 15 is 0 Å². The Morgan fingerprint density at radius 3 is 2.59 bits per heavy atom. The van der Waals surface area contributed by atoms with Gasteiger partial charge in [0, 0.05) is 10.3 Å². The first-order chi connectivity index (χ1) is 14.1. The summed E-state index contributed by atoms with van der Waals surface area (Å²) in [4.78, 5) is 16.7. The highest BCUT2D eigenvalue weighted by molar-refractivity contribution is 7.85. The van der Waals surface area contributed by atoms with Crippen molar-refractivity contribution >= 4 is 27.7 Å². The number of aromatic carboxylic acids is 1. The van der Waals surface area contributed by atoms with Crippen LogP contribution in [-0.2, 0) is 17.4 Å². The van der Waals surface area contributed by atoms with E-state index in [0.717, 1.165) is 16.6 Å². The summed E-state index contributed by atoms with van der Waals surface area (Å²) in [6.45, 7) is 0.270. The van der Waals surface area contributed by atoms with Gasteiger partial charge in [-0.2, -0.15) is 0 Å². The third-order valence-electron chi connectivity index (χ3n) is 4.38. The zero-order valence-corrected chi connectivity index (χ0v) is 16.1. The van der Waals surface area contributed by atoms with Gasteiger partial charge in [0.15, 0.2) is 0 Å². The molecule has 0 unspecified atom stereocenters. The molecule has 1 aromatic heterocycles. The monoisotopic (exact) mass is 403 g/mol. The predicted octanol–water partition coefficient (Wildman–Crippen LogP) is 4.68. The Bertz CT molecular complexity index is 1220. The van der Waals surface area contributed by atoms with Crippen molar-refractivity contribution in [3.63, 3.8) is 0 Å². The van der Waals surface area contributed by atoms with E-state index in [1.54, 1.807) is 42.5 Å². The van der Waals surface area contributed by atoms with Gasteiger partial charge in [-0.05, 0) is 42.5 Å². The van der Waals surface area contributed by atoms with Crippen molar-refractivity contribution in [3.8, 4) is 5.75 Å². The Hall–Kier alpha value is -3.51. The summed E-state index contributed by atoms with van der Waals surface area (Å²) in [7, 11) is -1.63. The second kappa shape index (κ2) is 8.24. The minimum atomic E-state index is -1.63. The van der Waals surface area contributed by atoms with E-state index in [1.807, 2.05) is 36.4 Å². The molecule has 29 heavy (non-hydrogen) atoms. The third-order valence-corrected chi connectivity index (χ3v) is 5.82. The van der Waals surface area contributed by atoms with Crippen molar-refractivity contribution in [1.29, 1.82) is 0 Å². The lowest BCUT2D eigenvalue weighted by Gasteiger charge is -2.10. The number of carboxylic acid groups (broad SMARTS) is 1. The fourth-order valence-electron chi connectivity index (χ4n) is 2.96. The quantitative estimate of drug-likeness (QED) is 0.506. The lowest BCUT2D eigenvalue weighted by atomic mass is 10.2. The highest BCUT2D eigenvalue weighted by Gasteiger charge is 2.16. The molecule has 1 N–H and O–H groups in total. The van der Waals surface area contributed by atoms with Gasteiger partial charge in [0.05, 0.1) is 32.5 Å². The van der Waals surface area contributed by atoms with Crippen LogP contribution in [0.1, 0.15) is 16.1 Å². The lowest BCUT2D eigenvalue weighted by Crippen LogP contribution is -2.04. The maximum absolute atomic E-state index is 12.9. The first-order valence-corrected chi connectivity index (χ1v) is 10.1. The molecule has 144 valence electrons. The molecule has 5 nitrogen and oxygen atoms in total. The van der Waals surface area contributed by atoms with Gasteiger partial charge in [-0.15, -0.1) is 0 Å². The molecule has 1 atom stereocenters. The molecule has 0 bridgehead atoms. The van der Waals surface area contributed by atoms with Crippen molar-refractivity contribution in [3.05, 3.63) is 96.2 Å². The lowest BCUT2D eigenvalue weighted by molar-refractivity contribution is 0.0693. The van der Waals surface area contributed by atoms with Gasteiger partial charge in [-0.25, -0.2) is 14.0 Å². The summed E-state index contributed by atoms with van der Waals surface area (Å²) in [5.41, 5.74) is 1.71. The van der Waals surface area contributed by atoms with Crippen LogP contribution in [0.3, 0.4) is 0 Å². The average Bonchev–Trinajstić information content (AvgIpc) is 2.77. The van der Waals surface area contributed by atoms with E-state index in [9.17, 15) is 14.1 Å². The van der Waals surface area contributed by atoms with E-state index in [-0.39, 0.29) is 17.1 Å². The average molecular weight is 403 g/mol. The van der Waals surface area contributed by atoms with Gasteiger partial charge in [-0.1, -0.05) is 42.5 Å². The molecule has 0 saturated heterocycles. The van der Waals surface area contributed by atoms with Gasteiger partial charge in [0.25, 0.3) is 0 Å². The van der Waals surface area contributed by atoms with E-state index in [0.29, 0.717) is 10.6 Å². The molecular formula is C23H17NO4S. The van der Waals surface area contributed by atoms with Gasteiger partial charge in [-0.3, -0.25) is 0 Å². The van der Waals surface area contributed by atoms with Crippen molar-refractivity contribution < 1.29 is 18.8 Å². The molecule has 1 heterocycles. The van der Waals surface area contributed by atoms with Gasteiger partial charge in [0.1, 0.15) is 12.4 Å². The molecule has 3 aromatic carbocycles. The first kappa shape index (κ1) is 18.8. The topological polar surface area (TPSA) is 76.5 Å². The largest absolute Gasteiger partial charge is 0.487 e. The normalized spacial score (nSPS) is 11.9. The van der Waals surface area contributed by atoms with Crippen LogP contribution < -0.4 is 4.74 Å². The number of aromatic nitrogens is 1. The molecule has 0 amide bonds. The standard InChI is InChI=1S/C23H17NO4S/c25-23(26)20-9-2-4-11-22(20)29(27)19-8-5-7-18(14-19)28-15-17-13-12-16-6-1-3-10-21(16)24-17/h1-14H,15H2,(H,25,26)/t29-/m0/s1. The fraction of sp³-hybridized carbons (Fsp3) is 0.0435. The van der Waals surface area contributed by atoms with Crippen LogP contribution in [0, 0.1) is 0 Å². The Labute approximate surface area is 170 Å². The Balaban J connectivity index is 1.54. The SMILES string of the molecule is O=C(O)c1ccccc1[S@@](=O)c1cccc(OCc2ccc3ccccc3n2)c1. The molecule has 0 radical (unpaired) electrons. The Morgan fingerprint density at radius 2 is 1.72 bits per heavy atom. The minimum absolute atomic E-state index is 0.0255. The number of hydrogen-bond donors (Lipinski definition) is 1. The number of pyridine rings is 1. The van der Waals surface area contributed by atoms with Crippen LogP contribution in [0.2, 0.25) is 0 Å². The maximum atomic E-state index is 12.9. The second-order valence-electron chi connectivity index (χ2n) is 6.33. The predicted molar refractivity (Wildman–Crippen MR) is 111 cm³/mol. The van der Waals surface area contributed by atoms with Crippen LogP contribution in [0.15, 0.2) is 94.7 Å². The van der Waals surface area contributed by atoms with Crippen LogP contribution in [0.25, 0.3) is 10.9 Å². The van der Waals surface area contributed by atoms with E-state index in [4.69, 9.17) is 4.74 Å². The zero-order chi connectivity index (χ0) is 20.2. The summed E-state index contributed by atoms with van der Waals surface area (Å²) in [5, 5.41) is 10.4. The summed E-state index contributed by atoms with van der Waals surface area (Å²) in [6.07, 6.45) is 0.